The Morgan fingerprint density at radius 3 is 2.76 bits per heavy atom. The van der Waals surface area contributed by atoms with Gasteiger partial charge < -0.3 is 10.6 Å². The maximum Gasteiger partial charge on any atom is 0.264 e. The highest BCUT2D eigenvalue weighted by Crippen LogP contribution is 2.28. The Balaban J connectivity index is 1.78. The third-order valence-electron chi connectivity index (χ3n) is 3.19. The van der Waals surface area contributed by atoms with E-state index in [4.69, 9.17) is 0 Å². The summed E-state index contributed by atoms with van der Waals surface area (Å²) >= 11 is 0. The number of piperidine rings is 1. The number of rotatable bonds is 4. The van der Waals surface area contributed by atoms with Crippen LogP contribution in [-0.4, -0.2) is 25.6 Å². The third-order valence-corrected chi connectivity index (χ3v) is 3.19. The van der Waals surface area contributed by atoms with Crippen molar-refractivity contribution >= 4 is 0 Å². The second-order valence-corrected chi connectivity index (χ2v) is 4.54. The molecule has 1 heterocycles. The van der Waals surface area contributed by atoms with Crippen LogP contribution in [0.15, 0.2) is 30.3 Å². The molecule has 0 aromatic heterocycles. The van der Waals surface area contributed by atoms with Crippen LogP contribution in [0.25, 0.3) is 0 Å². The van der Waals surface area contributed by atoms with Gasteiger partial charge in [0.1, 0.15) is 0 Å². The molecule has 0 bridgehead atoms. The van der Waals surface area contributed by atoms with Crippen LogP contribution in [0.1, 0.15) is 12.0 Å². The predicted octanol–water partition coefficient (Wildman–Crippen LogP) is 2.02. The first-order valence-corrected chi connectivity index (χ1v) is 6.02. The van der Waals surface area contributed by atoms with E-state index in [1.807, 2.05) is 30.3 Å². The maximum absolute atomic E-state index is 13.5. The summed E-state index contributed by atoms with van der Waals surface area (Å²) in [6, 6.07) is 9.85. The van der Waals surface area contributed by atoms with Crippen LogP contribution in [0.4, 0.5) is 8.78 Å². The van der Waals surface area contributed by atoms with Crippen molar-refractivity contribution in [2.45, 2.75) is 18.9 Å². The van der Waals surface area contributed by atoms with Gasteiger partial charge in [0.25, 0.3) is 5.92 Å². The number of halogens is 2. The summed E-state index contributed by atoms with van der Waals surface area (Å²) in [6.07, 6.45) is 0.536. The number of benzene rings is 1. The van der Waals surface area contributed by atoms with Gasteiger partial charge in [0.2, 0.25) is 0 Å². The molecule has 2 N–H and O–H groups in total. The van der Waals surface area contributed by atoms with Crippen molar-refractivity contribution < 1.29 is 8.78 Å². The van der Waals surface area contributed by atoms with E-state index in [1.165, 1.54) is 0 Å². The van der Waals surface area contributed by atoms with Gasteiger partial charge in [-0.1, -0.05) is 30.3 Å². The Labute approximate surface area is 100 Å². The minimum Gasteiger partial charge on any atom is -0.312 e. The number of nitrogens with one attached hydrogen (secondary N) is 2. The summed E-state index contributed by atoms with van der Waals surface area (Å²) in [5.41, 5.74) is 1.13. The zero-order valence-corrected chi connectivity index (χ0v) is 9.76. The molecule has 0 spiro atoms. The number of hydrogen-bond donors (Lipinski definition) is 2. The van der Waals surface area contributed by atoms with Crippen molar-refractivity contribution in [1.82, 2.24) is 10.6 Å². The van der Waals surface area contributed by atoms with Gasteiger partial charge in [0.05, 0.1) is 6.54 Å². The molecule has 0 aliphatic carbocycles. The molecule has 0 saturated carbocycles. The normalized spacial score (nSPS) is 23.5. The van der Waals surface area contributed by atoms with E-state index in [9.17, 15) is 8.78 Å². The van der Waals surface area contributed by atoms with Crippen LogP contribution in [-0.2, 0) is 6.54 Å². The van der Waals surface area contributed by atoms with E-state index < -0.39 is 11.8 Å². The molecule has 1 aliphatic rings. The monoisotopic (exact) mass is 240 g/mol. The van der Waals surface area contributed by atoms with Gasteiger partial charge in [0, 0.05) is 19.0 Å². The standard InChI is InChI=1S/C13H18F2N2/c14-13(15)10-16-7-6-12(13)9-17-8-11-4-2-1-3-5-11/h1-5,12,16-17H,6-10H2. The maximum atomic E-state index is 13.5. The Hall–Kier alpha value is -1.00. The molecule has 17 heavy (non-hydrogen) atoms. The first-order valence-electron chi connectivity index (χ1n) is 6.02. The van der Waals surface area contributed by atoms with E-state index >= 15 is 0 Å². The largest absolute Gasteiger partial charge is 0.312 e. The SMILES string of the molecule is FC1(F)CNCCC1CNCc1ccccc1. The summed E-state index contributed by atoms with van der Waals surface area (Å²) in [4.78, 5) is 0. The van der Waals surface area contributed by atoms with Gasteiger partial charge >= 0.3 is 0 Å². The molecule has 94 valence electrons. The second kappa shape index (κ2) is 5.56. The molecule has 1 saturated heterocycles. The van der Waals surface area contributed by atoms with Gasteiger partial charge in [-0.15, -0.1) is 0 Å². The Bertz CT molecular complexity index is 341. The fourth-order valence-electron chi connectivity index (χ4n) is 2.12. The average Bonchev–Trinajstić information content (AvgIpc) is 2.32. The van der Waals surface area contributed by atoms with E-state index in [0.29, 0.717) is 26.1 Å². The molecule has 0 amide bonds. The summed E-state index contributed by atoms with van der Waals surface area (Å²) in [5, 5.41) is 5.85. The Morgan fingerprint density at radius 2 is 2.06 bits per heavy atom. The number of hydrogen-bond acceptors (Lipinski definition) is 2. The minimum atomic E-state index is -2.58. The Morgan fingerprint density at radius 1 is 1.29 bits per heavy atom. The van der Waals surface area contributed by atoms with Gasteiger partial charge in [-0.05, 0) is 18.5 Å². The molecular weight excluding hydrogens is 222 g/mol. The summed E-state index contributed by atoms with van der Waals surface area (Å²) in [6.45, 7) is 1.53. The molecule has 1 aromatic rings. The molecule has 0 radical (unpaired) electrons. The van der Waals surface area contributed by atoms with E-state index in [-0.39, 0.29) is 6.54 Å². The van der Waals surface area contributed by atoms with Crippen molar-refractivity contribution in [2.24, 2.45) is 5.92 Å². The van der Waals surface area contributed by atoms with E-state index in [0.717, 1.165) is 5.56 Å². The fourth-order valence-corrected chi connectivity index (χ4v) is 2.12. The molecule has 1 aliphatic heterocycles. The van der Waals surface area contributed by atoms with Crippen LogP contribution in [0.2, 0.25) is 0 Å². The van der Waals surface area contributed by atoms with Gasteiger partial charge in [-0.2, -0.15) is 0 Å². The lowest BCUT2D eigenvalue weighted by Gasteiger charge is -2.32. The molecule has 1 fully saturated rings. The molecule has 1 unspecified atom stereocenters. The number of alkyl halides is 2. The highest BCUT2D eigenvalue weighted by atomic mass is 19.3. The quantitative estimate of drug-likeness (QED) is 0.841. The molecule has 1 aromatic carbocycles. The van der Waals surface area contributed by atoms with Crippen molar-refractivity contribution in [3.05, 3.63) is 35.9 Å². The van der Waals surface area contributed by atoms with Crippen LogP contribution in [0, 0.1) is 5.92 Å². The van der Waals surface area contributed by atoms with E-state index in [2.05, 4.69) is 10.6 Å². The topological polar surface area (TPSA) is 24.1 Å². The lowest BCUT2D eigenvalue weighted by molar-refractivity contribution is -0.0721. The minimum absolute atomic E-state index is 0.190. The van der Waals surface area contributed by atoms with Crippen LogP contribution in [0.5, 0.6) is 0 Å². The summed E-state index contributed by atoms with van der Waals surface area (Å²) in [5.74, 6) is -3.13. The lowest BCUT2D eigenvalue weighted by Crippen LogP contribution is -2.49. The fraction of sp³-hybridized carbons (Fsp3) is 0.538. The molecule has 1 atom stereocenters. The summed E-state index contributed by atoms with van der Waals surface area (Å²) in [7, 11) is 0. The van der Waals surface area contributed by atoms with Gasteiger partial charge in [-0.3, -0.25) is 0 Å². The lowest BCUT2D eigenvalue weighted by atomic mass is 9.94. The zero-order valence-electron chi connectivity index (χ0n) is 9.76. The predicted molar refractivity (Wildman–Crippen MR) is 64.1 cm³/mol. The van der Waals surface area contributed by atoms with Crippen molar-refractivity contribution in [1.29, 1.82) is 0 Å². The first kappa shape index (κ1) is 12.5. The second-order valence-electron chi connectivity index (χ2n) is 4.54. The average molecular weight is 240 g/mol. The van der Waals surface area contributed by atoms with Gasteiger partial charge in [-0.25, -0.2) is 8.78 Å². The highest BCUT2D eigenvalue weighted by Gasteiger charge is 2.40. The first-order chi connectivity index (χ1) is 8.18. The van der Waals surface area contributed by atoms with E-state index in [1.54, 1.807) is 0 Å². The van der Waals surface area contributed by atoms with Crippen molar-refractivity contribution in [2.75, 3.05) is 19.6 Å². The molecule has 2 rings (SSSR count). The smallest absolute Gasteiger partial charge is 0.264 e. The summed E-state index contributed by atoms with van der Waals surface area (Å²) < 4.78 is 27.0. The molecule has 2 nitrogen and oxygen atoms in total. The van der Waals surface area contributed by atoms with Crippen LogP contribution < -0.4 is 10.6 Å². The highest BCUT2D eigenvalue weighted by molar-refractivity contribution is 5.14. The van der Waals surface area contributed by atoms with Crippen LogP contribution in [0.3, 0.4) is 0 Å². The van der Waals surface area contributed by atoms with Crippen molar-refractivity contribution in [3.63, 3.8) is 0 Å². The zero-order chi connectivity index (χ0) is 12.1. The van der Waals surface area contributed by atoms with Gasteiger partial charge in [0.15, 0.2) is 0 Å². The third kappa shape index (κ3) is 3.48. The Kier molecular flexibility index (Phi) is 4.07. The van der Waals surface area contributed by atoms with Crippen molar-refractivity contribution in [3.8, 4) is 0 Å². The van der Waals surface area contributed by atoms with Crippen LogP contribution >= 0.6 is 0 Å². The molecule has 4 heteroatoms. The molecular formula is C13H18F2N2.